The van der Waals surface area contributed by atoms with Crippen molar-refractivity contribution in [2.75, 3.05) is 0 Å². The number of amides is 1. The number of Topliss-reactive ketones (excluding diaryl/α,β-unsaturated/α-hetero) is 3. The van der Waals surface area contributed by atoms with Gasteiger partial charge in [0.2, 0.25) is 5.78 Å². The lowest BCUT2D eigenvalue weighted by Crippen LogP contribution is -2.45. The smallest absolute Gasteiger partial charge is 0.408 e. The summed E-state index contributed by atoms with van der Waals surface area (Å²) in [5.41, 5.74) is 0.856. The van der Waals surface area contributed by atoms with Crippen LogP contribution in [-0.2, 0) is 25.7 Å². The number of carbonyl (C=O) groups excluding carboxylic acids is 4. The number of hydrogen-bond donors (Lipinski definition) is 1. The molecule has 2 aliphatic rings. The van der Waals surface area contributed by atoms with E-state index in [1.807, 2.05) is 44.2 Å². The normalized spacial score (nSPS) is 24.8. The third-order valence-electron chi connectivity index (χ3n) is 6.64. The summed E-state index contributed by atoms with van der Waals surface area (Å²) in [4.78, 5) is 50.4. The minimum absolute atomic E-state index is 0.00640. The van der Waals surface area contributed by atoms with Gasteiger partial charge in [-0.1, -0.05) is 57.0 Å². The van der Waals surface area contributed by atoms with Crippen molar-refractivity contribution in [3.05, 3.63) is 35.9 Å². The molecule has 6 heteroatoms. The first kappa shape index (κ1) is 23.2. The largest absolute Gasteiger partial charge is 0.445 e. The second-order valence-electron chi connectivity index (χ2n) is 9.40. The molecule has 2 aliphatic carbocycles. The van der Waals surface area contributed by atoms with Crippen LogP contribution in [0.1, 0.15) is 64.4 Å². The number of benzene rings is 1. The second kappa shape index (κ2) is 10.7. The van der Waals surface area contributed by atoms with Gasteiger partial charge in [-0.2, -0.15) is 0 Å². The number of ether oxygens (including phenoxy) is 1. The van der Waals surface area contributed by atoms with Crippen molar-refractivity contribution in [3.63, 3.8) is 0 Å². The van der Waals surface area contributed by atoms with Crippen molar-refractivity contribution in [2.24, 2.45) is 23.7 Å². The Labute approximate surface area is 184 Å². The molecule has 31 heavy (non-hydrogen) atoms. The number of nitrogens with one attached hydrogen (secondary N) is 1. The number of ketones is 3. The van der Waals surface area contributed by atoms with E-state index in [1.54, 1.807) is 0 Å². The molecule has 0 aliphatic heterocycles. The summed E-state index contributed by atoms with van der Waals surface area (Å²) in [5, 5.41) is 2.67. The van der Waals surface area contributed by atoms with Crippen molar-refractivity contribution >= 4 is 23.4 Å². The van der Waals surface area contributed by atoms with Gasteiger partial charge in [0.05, 0.1) is 6.04 Å². The maximum absolute atomic E-state index is 13.1. The topological polar surface area (TPSA) is 89.5 Å². The van der Waals surface area contributed by atoms with Crippen molar-refractivity contribution in [1.29, 1.82) is 0 Å². The van der Waals surface area contributed by atoms with Crippen LogP contribution in [0.2, 0.25) is 0 Å². The molecule has 6 nitrogen and oxygen atoms in total. The maximum atomic E-state index is 13.1. The fraction of sp³-hybridized carbons (Fsp3) is 0.600. The van der Waals surface area contributed by atoms with E-state index >= 15 is 0 Å². The molecule has 0 aromatic heterocycles. The van der Waals surface area contributed by atoms with Gasteiger partial charge in [-0.15, -0.1) is 0 Å². The molecule has 0 spiro atoms. The minimum Gasteiger partial charge on any atom is -0.445 e. The number of rotatable bonds is 7. The fourth-order valence-electron chi connectivity index (χ4n) is 4.91. The highest BCUT2D eigenvalue weighted by atomic mass is 16.5. The Morgan fingerprint density at radius 2 is 1.74 bits per heavy atom. The molecule has 0 radical (unpaired) electrons. The molecular weight excluding hydrogens is 394 g/mol. The second-order valence-corrected chi connectivity index (χ2v) is 9.40. The minimum atomic E-state index is -0.755. The Bertz CT molecular complexity index is 803. The SMILES string of the molecule is CC(C)C(NC(=O)OCc1ccccc1)C(=O)CC1CC2CCC(CCC(=O)C1=O)C2. The van der Waals surface area contributed by atoms with E-state index in [0.29, 0.717) is 24.7 Å². The summed E-state index contributed by atoms with van der Waals surface area (Å²) in [6.45, 7) is 3.81. The quantitative estimate of drug-likeness (QED) is 0.657. The van der Waals surface area contributed by atoms with Crippen molar-refractivity contribution in [1.82, 2.24) is 5.32 Å². The van der Waals surface area contributed by atoms with Gasteiger partial charge in [0, 0.05) is 18.8 Å². The van der Waals surface area contributed by atoms with Crippen LogP contribution < -0.4 is 5.32 Å². The molecule has 1 aromatic rings. The fourth-order valence-corrected chi connectivity index (χ4v) is 4.91. The molecule has 2 saturated carbocycles. The first-order chi connectivity index (χ1) is 14.8. The maximum Gasteiger partial charge on any atom is 0.408 e. The van der Waals surface area contributed by atoms with Gasteiger partial charge in [-0.05, 0) is 42.6 Å². The van der Waals surface area contributed by atoms with Crippen LogP contribution in [0, 0.1) is 23.7 Å². The van der Waals surface area contributed by atoms with E-state index in [0.717, 1.165) is 31.2 Å². The van der Waals surface area contributed by atoms with E-state index in [9.17, 15) is 19.2 Å². The molecule has 0 saturated heterocycles. The average Bonchev–Trinajstić information content (AvgIpc) is 3.21. The molecule has 168 valence electrons. The van der Waals surface area contributed by atoms with Crippen LogP contribution in [0.5, 0.6) is 0 Å². The van der Waals surface area contributed by atoms with E-state index < -0.39 is 23.8 Å². The lowest BCUT2D eigenvalue weighted by molar-refractivity contribution is -0.140. The first-order valence-corrected chi connectivity index (χ1v) is 11.4. The number of alkyl carbamates (subject to hydrolysis) is 1. The van der Waals surface area contributed by atoms with Gasteiger partial charge in [-0.25, -0.2) is 4.79 Å². The van der Waals surface area contributed by atoms with Crippen LogP contribution in [0.25, 0.3) is 0 Å². The van der Waals surface area contributed by atoms with E-state index in [2.05, 4.69) is 5.32 Å². The average molecular weight is 428 g/mol. The third kappa shape index (κ3) is 6.49. The van der Waals surface area contributed by atoms with Gasteiger partial charge < -0.3 is 10.1 Å². The molecule has 2 bridgehead atoms. The Morgan fingerprint density at radius 3 is 2.45 bits per heavy atom. The zero-order valence-electron chi connectivity index (χ0n) is 18.5. The van der Waals surface area contributed by atoms with Crippen LogP contribution >= 0.6 is 0 Å². The summed E-state index contributed by atoms with van der Waals surface area (Å²) < 4.78 is 5.26. The van der Waals surface area contributed by atoms with E-state index in [4.69, 9.17) is 4.74 Å². The Morgan fingerprint density at radius 1 is 1.03 bits per heavy atom. The molecular formula is C25H33NO5. The van der Waals surface area contributed by atoms with Crippen LogP contribution in [0.4, 0.5) is 4.79 Å². The summed E-state index contributed by atoms with van der Waals surface area (Å²) >= 11 is 0. The summed E-state index contributed by atoms with van der Waals surface area (Å²) in [6, 6.07) is 8.55. The highest BCUT2D eigenvalue weighted by Crippen LogP contribution is 2.39. The van der Waals surface area contributed by atoms with Crippen molar-refractivity contribution in [3.8, 4) is 0 Å². The molecule has 2 fully saturated rings. The van der Waals surface area contributed by atoms with Gasteiger partial charge in [-0.3, -0.25) is 14.4 Å². The Balaban J connectivity index is 1.61. The van der Waals surface area contributed by atoms with Gasteiger partial charge in [0.25, 0.3) is 0 Å². The Hall–Kier alpha value is -2.50. The third-order valence-corrected chi connectivity index (χ3v) is 6.64. The molecule has 4 atom stereocenters. The van der Waals surface area contributed by atoms with Crippen LogP contribution in [0.3, 0.4) is 0 Å². The van der Waals surface area contributed by atoms with E-state index in [1.165, 1.54) is 0 Å². The Kier molecular flexibility index (Phi) is 7.99. The predicted molar refractivity (Wildman–Crippen MR) is 116 cm³/mol. The zero-order chi connectivity index (χ0) is 22.4. The predicted octanol–water partition coefficient (Wildman–Crippen LogP) is 4.25. The number of hydrogen-bond acceptors (Lipinski definition) is 5. The van der Waals surface area contributed by atoms with Gasteiger partial charge in [0.15, 0.2) is 11.6 Å². The molecule has 0 heterocycles. The summed E-state index contributed by atoms with van der Waals surface area (Å²) in [6.07, 6.45) is 4.22. The number of carbonyl (C=O) groups is 4. The lowest BCUT2D eigenvalue weighted by Gasteiger charge is -2.24. The molecule has 1 aromatic carbocycles. The molecule has 1 amide bonds. The van der Waals surface area contributed by atoms with Gasteiger partial charge >= 0.3 is 6.09 Å². The van der Waals surface area contributed by atoms with Crippen LogP contribution in [-0.4, -0.2) is 29.5 Å². The standard InChI is InChI=1S/C25H33NO5/c1-16(2)23(26-25(30)31-15-18-6-4-3-5-7-18)22(28)14-20-13-19-9-8-17(12-19)10-11-21(27)24(20)29/h3-7,16-17,19-20,23H,8-15H2,1-2H3,(H,26,30). The summed E-state index contributed by atoms with van der Waals surface area (Å²) in [7, 11) is 0. The highest BCUT2D eigenvalue weighted by Gasteiger charge is 2.37. The van der Waals surface area contributed by atoms with Crippen LogP contribution in [0.15, 0.2) is 30.3 Å². The first-order valence-electron chi connectivity index (χ1n) is 11.4. The highest BCUT2D eigenvalue weighted by molar-refractivity contribution is 6.38. The lowest BCUT2D eigenvalue weighted by atomic mass is 9.83. The zero-order valence-corrected chi connectivity index (χ0v) is 18.5. The molecule has 4 unspecified atom stereocenters. The van der Waals surface area contributed by atoms with Crippen molar-refractivity contribution in [2.45, 2.75) is 71.4 Å². The van der Waals surface area contributed by atoms with E-state index in [-0.39, 0.29) is 30.5 Å². The van der Waals surface area contributed by atoms with Crippen molar-refractivity contribution < 1.29 is 23.9 Å². The van der Waals surface area contributed by atoms with Gasteiger partial charge in [0.1, 0.15) is 6.61 Å². The molecule has 1 N–H and O–H groups in total. The molecule has 3 rings (SSSR count). The number of fused-ring (bicyclic) bond motifs is 2. The summed E-state index contributed by atoms with van der Waals surface area (Å²) in [5.74, 6) is -0.775. The monoisotopic (exact) mass is 427 g/mol.